The van der Waals surface area contributed by atoms with Crippen LogP contribution in [0.2, 0.25) is 0 Å². The Morgan fingerprint density at radius 3 is 2.59 bits per heavy atom. The van der Waals surface area contributed by atoms with Crippen LogP contribution in [0.5, 0.6) is 5.75 Å². The van der Waals surface area contributed by atoms with Gasteiger partial charge in [-0.1, -0.05) is 25.1 Å². The van der Waals surface area contributed by atoms with Gasteiger partial charge in [0.1, 0.15) is 5.75 Å². The summed E-state index contributed by atoms with van der Waals surface area (Å²) in [4.78, 5) is 13.4. The highest BCUT2D eigenvalue weighted by Crippen LogP contribution is 2.08. The molecule has 0 aliphatic carbocycles. The molecule has 94 valence electrons. The van der Waals surface area contributed by atoms with Crippen molar-refractivity contribution in [2.45, 2.75) is 13.3 Å². The molecule has 1 aromatic carbocycles. The second-order valence-corrected chi connectivity index (χ2v) is 3.71. The zero-order chi connectivity index (χ0) is 12.5. The van der Waals surface area contributed by atoms with Crippen molar-refractivity contribution in [1.29, 1.82) is 0 Å². The highest BCUT2D eigenvalue weighted by Gasteiger charge is 2.12. The Morgan fingerprint density at radius 2 is 2.00 bits per heavy atom. The first-order valence-electron chi connectivity index (χ1n) is 5.84. The quantitative estimate of drug-likeness (QED) is 0.777. The molecule has 0 radical (unpaired) electrons. The molecule has 0 aliphatic heterocycles. The van der Waals surface area contributed by atoms with E-state index in [1.165, 1.54) is 0 Å². The van der Waals surface area contributed by atoms with Crippen LogP contribution in [0.4, 0.5) is 0 Å². The van der Waals surface area contributed by atoms with Crippen molar-refractivity contribution in [3.05, 3.63) is 30.3 Å². The Balaban J connectivity index is 2.41. The number of nitrogens with zero attached hydrogens (tertiary/aromatic N) is 1. The fourth-order valence-electron chi connectivity index (χ4n) is 1.50. The van der Waals surface area contributed by atoms with E-state index >= 15 is 0 Å². The first-order valence-corrected chi connectivity index (χ1v) is 5.84. The van der Waals surface area contributed by atoms with Gasteiger partial charge in [0.15, 0.2) is 6.61 Å². The van der Waals surface area contributed by atoms with Crippen LogP contribution >= 0.6 is 0 Å². The molecule has 0 aliphatic rings. The molecule has 0 unspecified atom stereocenters. The third kappa shape index (κ3) is 4.87. The first kappa shape index (κ1) is 13.5. The number of amides is 1. The SMILES string of the molecule is CCCN(CCO)C(=O)COc1ccccc1. The van der Waals surface area contributed by atoms with E-state index in [0.29, 0.717) is 18.8 Å². The maximum atomic E-state index is 11.8. The molecule has 0 aromatic heterocycles. The van der Waals surface area contributed by atoms with E-state index in [4.69, 9.17) is 9.84 Å². The predicted molar refractivity (Wildman–Crippen MR) is 65.9 cm³/mol. The molecule has 4 heteroatoms. The van der Waals surface area contributed by atoms with Crippen LogP contribution in [0.25, 0.3) is 0 Å². The van der Waals surface area contributed by atoms with Gasteiger partial charge >= 0.3 is 0 Å². The van der Waals surface area contributed by atoms with Gasteiger partial charge in [-0.3, -0.25) is 4.79 Å². The predicted octanol–water partition coefficient (Wildman–Crippen LogP) is 1.30. The highest BCUT2D eigenvalue weighted by atomic mass is 16.5. The summed E-state index contributed by atoms with van der Waals surface area (Å²) in [6.07, 6.45) is 0.872. The Morgan fingerprint density at radius 1 is 1.29 bits per heavy atom. The molecule has 0 saturated heterocycles. The number of hydrogen-bond acceptors (Lipinski definition) is 3. The van der Waals surface area contributed by atoms with Gasteiger partial charge in [0.2, 0.25) is 0 Å². The number of para-hydroxylation sites is 1. The normalized spacial score (nSPS) is 10.0. The summed E-state index contributed by atoms with van der Waals surface area (Å²) in [5, 5.41) is 8.86. The number of benzene rings is 1. The van der Waals surface area contributed by atoms with Crippen molar-refractivity contribution in [1.82, 2.24) is 4.90 Å². The molecule has 1 aromatic rings. The fraction of sp³-hybridized carbons (Fsp3) is 0.462. The van der Waals surface area contributed by atoms with Crippen LogP contribution in [0.15, 0.2) is 30.3 Å². The molecule has 0 bridgehead atoms. The van der Waals surface area contributed by atoms with Crippen LogP contribution in [0.1, 0.15) is 13.3 Å². The Labute approximate surface area is 102 Å². The maximum Gasteiger partial charge on any atom is 0.260 e. The van der Waals surface area contributed by atoms with Crippen molar-refractivity contribution in [2.24, 2.45) is 0 Å². The van der Waals surface area contributed by atoms with E-state index < -0.39 is 0 Å². The lowest BCUT2D eigenvalue weighted by Gasteiger charge is -2.21. The molecular weight excluding hydrogens is 218 g/mol. The van der Waals surface area contributed by atoms with Crippen molar-refractivity contribution in [3.63, 3.8) is 0 Å². The summed E-state index contributed by atoms with van der Waals surface area (Å²) in [6, 6.07) is 9.23. The van der Waals surface area contributed by atoms with Gasteiger partial charge in [0.05, 0.1) is 6.61 Å². The van der Waals surface area contributed by atoms with Crippen LogP contribution < -0.4 is 4.74 Å². The average Bonchev–Trinajstić information content (AvgIpc) is 2.37. The van der Waals surface area contributed by atoms with Crippen molar-refractivity contribution in [3.8, 4) is 5.75 Å². The average molecular weight is 237 g/mol. The van der Waals surface area contributed by atoms with Gasteiger partial charge in [0.25, 0.3) is 5.91 Å². The summed E-state index contributed by atoms with van der Waals surface area (Å²) in [7, 11) is 0. The summed E-state index contributed by atoms with van der Waals surface area (Å²) in [5.41, 5.74) is 0. The van der Waals surface area contributed by atoms with Gasteiger partial charge in [-0.05, 0) is 18.6 Å². The van der Waals surface area contributed by atoms with Gasteiger partial charge in [-0.2, -0.15) is 0 Å². The summed E-state index contributed by atoms with van der Waals surface area (Å²) in [5.74, 6) is 0.589. The van der Waals surface area contributed by atoms with Gasteiger partial charge in [0, 0.05) is 13.1 Å². The van der Waals surface area contributed by atoms with E-state index in [1.54, 1.807) is 4.90 Å². The molecule has 4 nitrogen and oxygen atoms in total. The second-order valence-electron chi connectivity index (χ2n) is 3.71. The largest absolute Gasteiger partial charge is 0.484 e. The van der Waals surface area contributed by atoms with E-state index in [2.05, 4.69) is 0 Å². The topological polar surface area (TPSA) is 49.8 Å². The van der Waals surface area contributed by atoms with Crippen LogP contribution in [-0.2, 0) is 4.79 Å². The highest BCUT2D eigenvalue weighted by molar-refractivity contribution is 5.77. The van der Waals surface area contributed by atoms with E-state index in [1.807, 2.05) is 37.3 Å². The molecule has 0 fully saturated rings. The van der Waals surface area contributed by atoms with Gasteiger partial charge < -0.3 is 14.7 Å². The van der Waals surface area contributed by atoms with E-state index in [0.717, 1.165) is 6.42 Å². The molecule has 0 atom stereocenters. The summed E-state index contributed by atoms with van der Waals surface area (Å²) >= 11 is 0. The Hall–Kier alpha value is -1.55. The third-order valence-corrected chi connectivity index (χ3v) is 2.32. The van der Waals surface area contributed by atoms with Crippen molar-refractivity contribution in [2.75, 3.05) is 26.3 Å². The van der Waals surface area contributed by atoms with Gasteiger partial charge in [-0.15, -0.1) is 0 Å². The third-order valence-electron chi connectivity index (χ3n) is 2.32. The molecule has 0 saturated carbocycles. The van der Waals surface area contributed by atoms with E-state index in [9.17, 15) is 4.79 Å². The molecule has 1 rings (SSSR count). The molecular formula is C13H19NO3. The summed E-state index contributed by atoms with van der Waals surface area (Å²) < 4.78 is 5.37. The zero-order valence-corrected chi connectivity index (χ0v) is 10.1. The lowest BCUT2D eigenvalue weighted by Crippen LogP contribution is -2.37. The second kappa shape index (κ2) is 7.68. The number of ether oxygens (including phenoxy) is 1. The van der Waals surface area contributed by atoms with Gasteiger partial charge in [-0.25, -0.2) is 0 Å². The minimum absolute atomic E-state index is 0.0168. The fourth-order valence-corrected chi connectivity index (χ4v) is 1.50. The number of carbonyl (C=O) groups is 1. The first-order chi connectivity index (χ1) is 8.27. The molecule has 1 N–H and O–H groups in total. The number of rotatable bonds is 7. The standard InChI is InChI=1S/C13H19NO3/c1-2-8-14(9-10-15)13(16)11-17-12-6-4-3-5-7-12/h3-7,15H,2,8-11H2,1H3. The van der Waals surface area contributed by atoms with Crippen LogP contribution in [0.3, 0.4) is 0 Å². The number of aliphatic hydroxyl groups excluding tert-OH is 1. The number of carbonyl (C=O) groups excluding carboxylic acids is 1. The lowest BCUT2D eigenvalue weighted by molar-refractivity contribution is -0.133. The maximum absolute atomic E-state index is 11.8. The molecule has 17 heavy (non-hydrogen) atoms. The zero-order valence-electron chi connectivity index (χ0n) is 10.1. The van der Waals surface area contributed by atoms with E-state index in [-0.39, 0.29) is 19.1 Å². The number of hydrogen-bond donors (Lipinski definition) is 1. The smallest absolute Gasteiger partial charge is 0.260 e. The Bertz CT molecular complexity index is 321. The summed E-state index contributed by atoms with van der Waals surface area (Å²) in [6.45, 7) is 3.01. The molecule has 0 heterocycles. The number of aliphatic hydroxyl groups is 1. The monoisotopic (exact) mass is 237 g/mol. The minimum atomic E-state index is -0.0928. The van der Waals surface area contributed by atoms with Crippen LogP contribution in [-0.4, -0.2) is 42.2 Å². The Kier molecular flexibility index (Phi) is 6.10. The van der Waals surface area contributed by atoms with Crippen LogP contribution in [0, 0.1) is 0 Å². The molecule has 0 spiro atoms. The van der Waals surface area contributed by atoms with Crippen molar-refractivity contribution >= 4 is 5.91 Å². The minimum Gasteiger partial charge on any atom is -0.484 e. The molecule has 1 amide bonds. The lowest BCUT2D eigenvalue weighted by atomic mass is 10.3. The van der Waals surface area contributed by atoms with Crippen molar-refractivity contribution < 1.29 is 14.6 Å².